The van der Waals surface area contributed by atoms with Crippen LogP contribution in [0, 0.1) is 17.8 Å². The summed E-state index contributed by atoms with van der Waals surface area (Å²) in [6.07, 6.45) is 8.53. The molecule has 0 saturated heterocycles. The minimum atomic E-state index is -0.241. The lowest BCUT2D eigenvalue weighted by molar-refractivity contribution is -0.00518. The van der Waals surface area contributed by atoms with E-state index in [1.165, 1.54) is 144 Å². The van der Waals surface area contributed by atoms with Crippen molar-refractivity contribution in [2.75, 3.05) is 4.90 Å². The summed E-state index contributed by atoms with van der Waals surface area (Å²) in [4.78, 5) is 2.52. The Morgan fingerprint density at radius 3 is 1.54 bits per heavy atom. The van der Waals surface area contributed by atoms with Crippen molar-refractivity contribution in [2.45, 2.75) is 82.5 Å². The molecule has 0 atom stereocenters. The molecule has 15 rings (SSSR count). The molecule has 0 radical (unpaired) electrons. The Kier molecular flexibility index (Phi) is 8.94. The third-order valence-corrected chi connectivity index (χ3v) is 18.0. The van der Waals surface area contributed by atoms with E-state index >= 15 is 0 Å². The van der Waals surface area contributed by atoms with E-state index in [0.29, 0.717) is 5.41 Å². The third kappa shape index (κ3) is 6.21. The Bertz CT molecular complexity index is 3480. The highest BCUT2D eigenvalue weighted by atomic mass is 15.1. The van der Waals surface area contributed by atoms with Gasteiger partial charge in [-0.3, -0.25) is 0 Å². The van der Waals surface area contributed by atoms with Crippen LogP contribution in [0.5, 0.6) is 0 Å². The number of nitrogens with zero attached hydrogens (tertiary/aromatic N) is 1. The molecule has 0 unspecified atom stereocenters. The van der Waals surface area contributed by atoms with Gasteiger partial charge in [0.1, 0.15) is 0 Å². The smallest absolute Gasteiger partial charge is 0.0465 e. The minimum Gasteiger partial charge on any atom is -0.310 e. The van der Waals surface area contributed by atoms with Gasteiger partial charge in [-0.05, 0) is 204 Å². The van der Waals surface area contributed by atoms with E-state index in [1.54, 1.807) is 5.56 Å². The molecule has 0 aromatic heterocycles. The lowest BCUT2D eigenvalue weighted by atomic mass is 9.48. The van der Waals surface area contributed by atoms with Crippen molar-refractivity contribution in [1.29, 1.82) is 0 Å². The molecule has 0 aliphatic heterocycles. The van der Waals surface area contributed by atoms with Crippen molar-refractivity contribution in [3.8, 4) is 55.6 Å². The highest BCUT2D eigenvalue weighted by molar-refractivity contribution is 5.99. The number of anilines is 3. The Labute approximate surface area is 408 Å². The maximum atomic E-state index is 2.52. The first-order valence-electron chi connectivity index (χ1n) is 25.7. The number of hydrogen-bond acceptors (Lipinski definition) is 1. The predicted octanol–water partition coefficient (Wildman–Crippen LogP) is 18.4. The highest BCUT2D eigenvalue weighted by Gasteiger charge is 2.51. The molecule has 9 aromatic rings. The summed E-state index contributed by atoms with van der Waals surface area (Å²) in [5.74, 6) is 2.75. The zero-order chi connectivity index (χ0) is 46.2. The average molecular weight is 890 g/mol. The summed E-state index contributed by atoms with van der Waals surface area (Å²) in [6.45, 7) is 9.69. The van der Waals surface area contributed by atoms with Gasteiger partial charge in [0.05, 0.1) is 0 Å². The first-order valence-corrected chi connectivity index (χ1v) is 25.7. The van der Waals surface area contributed by atoms with Crippen molar-refractivity contribution in [3.63, 3.8) is 0 Å². The van der Waals surface area contributed by atoms with Crippen LogP contribution in [0.1, 0.15) is 94.0 Å². The van der Waals surface area contributed by atoms with Gasteiger partial charge in [-0.15, -0.1) is 0 Å². The zero-order valence-electron chi connectivity index (χ0n) is 40.4. The highest BCUT2D eigenvalue weighted by Crippen LogP contribution is 2.62. The Hall–Kier alpha value is -6.96. The van der Waals surface area contributed by atoms with Gasteiger partial charge in [-0.1, -0.05) is 173 Å². The summed E-state index contributed by atoms with van der Waals surface area (Å²) < 4.78 is 0. The van der Waals surface area contributed by atoms with Crippen molar-refractivity contribution >= 4 is 27.8 Å². The number of fused-ring (bicyclic) bond motifs is 7. The molecular formula is C68H59N. The van der Waals surface area contributed by atoms with Crippen molar-refractivity contribution in [1.82, 2.24) is 0 Å². The molecule has 4 fully saturated rings. The van der Waals surface area contributed by atoms with Crippen LogP contribution in [0.2, 0.25) is 0 Å². The van der Waals surface area contributed by atoms with Crippen LogP contribution in [-0.2, 0) is 16.2 Å². The molecular weight excluding hydrogens is 831 g/mol. The second-order valence-corrected chi connectivity index (χ2v) is 22.7. The molecule has 1 nitrogen and oxygen atoms in total. The molecule has 4 bridgehead atoms. The molecule has 0 heterocycles. The van der Waals surface area contributed by atoms with Crippen LogP contribution in [0.15, 0.2) is 194 Å². The van der Waals surface area contributed by atoms with E-state index in [4.69, 9.17) is 0 Å². The fourth-order valence-electron chi connectivity index (χ4n) is 15.2. The number of hydrogen-bond donors (Lipinski definition) is 0. The topological polar surface area (TPSA) is 3.24 Å². The summed E-state index contributed by atoms with van der Waals surface area (Å²) in [5.41, 5.74) is 23.9. The van der Waals surface area contributed by atoms with Crippen molar-refractivity contribution in [3.05, 3.63) is 222 Å². The molecule has 0 amide bonds. The first-order chi connectivity index (χ1) is 33.6. The van der Waals surface area contributed by atoms with E-state index in [9.17, 15) is 0 Å². The van der Waals surface area contributed by atoms with Gasteiger partial charge in [0, 0.05) is 27.9 Å². The second kappa shape index (κ2) is 15.0. The monoisotopic (exact) mass is 889 g/mol. The van der Waals surface area contributed by atoms with E-state index in [2.05, 4.69) is 227 Å². The molecule has 0 spiro atoms. The summed E-state index contributed by atoms with van der Waals surface area (Å²) in [6, 6.07) is 74.1. The standard InChI is InChI=1S/C68H59N/c1-66(2)61-22-11-10-18-58(61)64-55(19-13-23-62(64)66)57-21-12-20-56-54-33-32-53(39-63(54)67(3,4)65(56)57)69(52-30-26-50(27-31-52)68-40-43-34-44(41-68)36-45(35-43)42-68)51-28-24-47(25-29-51)60-38-49-17-9-8-16-48(49)37-59(60)46-14-6-5-7-15-46/h5-33,37-39,43-45H,34-36,40-42H2,1-4H3. The lowest BCUT2D eigenvalue weighted by Gasteiger charge is -2.57. The first kappa shape index (κ1) is 41.1. The molecule has 6 aliphatic rings. The minimum absolute atomic E-state index is 0.0535. The molecule has 1 heteroatoms. The van der Waals surface area contributed by atoms with Gasteiger partial charge in [0.25, 0.3) is 0 Å². The van der Waals surface area contributed by atoms with Gasteiger partial charge in [-0.25, -0.2) is 0 Å². The van der Waals surface area contributed by atoms with Crippen LogP contribution < -0.4 is 4.90 Å². The fourth-order valence-corrected chi connectivity index (χ4v) is 15.2. The second-order valence-electron chi connectivity index (χ2n) is 22.7. The Balaban J connectivity index is 0.891. The van der Waals surface area contributed by atoms with E-state index in [1.807, 2.05) is 0 Å². The molecule has 69 heavy (non-hydrogen) atoms. The molecule has 6 aliphatic carbocycles. The molecule has 336 valence electrons. The zero-order valence-corrected chi connectivity index (χ0v) is 40.4. The van der Waals surface area contributed by atoms with Crippen LogP contribution >= 0.6 is 0 Å². The fraction of sp³-hybridized carbons (Fsp3) is 0.235. The largest absolute Gasteiger partial charge is 0.310 e. The summed E-state index contributed by atoms with van der Waals surface area (Å²) in [7, 11) is 0. The summed E-state index contributed by atoms with van der Waals surface area (Å²) >= 11 is 0. The van der Waals surface area contributed by atoms with Gasteiger partial charge in [-0.2, -0.15) is 0 Å². The van der Waals surface area contributed by atoms with Gasteiger partial charge in [0.2, 0.25) is 0 Å². The van der Waals surface area contributed by atoms with Crippen molar-refractivity contribution in [2.24, 2.45) is 17.8 Å². The van der Waals surface area contributed by atoms with Gasteiger partial charge in [0.15, 0.2) is 0 Å². The predicted molar refractivity (Wildman–Crippen MR) is 290 cm³/mol. The normalized spacial score (nSPS) is 21.7. The van der Waals surface area contributed by atoms with E-state index < -0.39 is 0 Å². The number of benzene rings is 9. The van der Waals surface area contributed by atoms with Crippen molar-refractivity contribution < 1.29 is 0 Å². The van der Waals surface area contributed by atoms with Gasteiger partial charge >= 0.3 is 0 Å². The van der Waals surface area contributed by atoms with Crippen LogP contribution in [0.25, 0.3) is 66.4 Å². The Morgan fingerprint density at radius 2 is 0.870 bits per heavy atom. The van der Waals surface area contributed by atoms with E-state index in [-0.39, 0.29) is 10.8 Å². The lowest BCUT2D eigenvalue weighted by Crippen LogP contribution is -2.48. The maximum Gasteiger partial charge on any atom is 0.0465 e. The maximum absolute atomic E-state index is 2.52. The molecule has 0 N–H and O–H groups in total. The molecule has 9 aromatic carbocycles. The summed E-state index contributed by atoms with van der Waals surface area (Å²) in [5, 5.41) is 2.52. The SMILES string of the molecule is CC1(C)c2ccccc2-c2c(-c3cccc4c3C(C)(C)c3cc(N(c5ccc(-c6cc7ccccc7cc6-c6ccccc6)cc5)c5ccc(C67CC8CC(CC(C8)C6)C7)cc5)ccc3-4)cccc21. The quantitative estimate of drug-likeness (QED) is 0.154. The van der Waals surface area contributed by atoms with Crippen LogP contribution in [0.3, 0.4) is 0 Å². The molecule has 4 saturated carbocycles. The Morgan fingerprint density at radius 1 is 0.362 bits per heavy atom. The number of rotatable bonds is 7. The van der Waals surface area contributed by atoms with Crippen LogP contribution in [0.4, 0.5) is 17.1 Å². The van der Waals surface area contributed by atoms with Gasteiger partial charge < -0.3 is 4.90 Å². The third-order valence-electron chi connectivity index (χ3n) is 18.0. The average Bonchev–Trinajstić information content (AvgIpc) is 3.75. The van der Waals surface area contributed by atoms with E-state index in [0.717, 1.165) is 17.8 Å². The van der Waals surface area contributed by atoms with Crippen LogP contribution in [-0.4, -0.2) is 0 Å².